The summed E-state index contributed by atoms with van der Waals surface area (Å²) in [6.45, 7) is 1.44. The summed E-state index contributed by atoms with van der Waals surface area (Å²) in [7, 11) is -3.91. The average Bonchev–Trinajstić information content (AvgIpc) is 3.14. The van der Waals surface area contributed by atoms with Gasteiger partial charge in [0.25, 0.3) is 0 Å². The standard InChI is InChI=1S/C18H18BrF2N3O2S/c19-13-5-3-4-12(10-13)11-24-8-9-27(25,26)16-14(20)18(22-17(21)15(16)24)23-6-1-2-7-23/h3-5,10H,1-2,6-9,11H2. The van der Waals surface area contributed by atoms with Crippen LogP contribution in [0.3, 0.4) is 0 Å². The normalized spacial score (nSPS) is 18.6. The van der Waals surface area contributed by atoms with Gasteiger partial charge in [0.15, 0.2) is 21.5 Å². The van der Waals surface area contributed by atoms with Crippen LogP contribution in [0.1, 0.15) is 18.4 Å². The maximum absolute atomic E-state index is 15.2. The lowest BCUT2D eigenvalue weighted by molar-refractivity contribution is 0.515. The van der Waals surface area contributed by atoms with E-state index in [1.807, 2.05) is 24.3 Å². The third kappa shape index (κ3) is 3.42. The summed E-state index contributed by atoms with van der Waals surface area (Å²) >= 11 is 3.38. The quantitative estimate of drug-likeness (QED) is 0.660. The molecule has 2 aliphatic rings. The Hall–Kier alpha value is -1.74. The highest BCUT2D eigenvalue weighted by atomic mass is 79.9. The third-order valence-corrected chi connectivity index (χ3v) is 7.14. The SMILES string of the molecule is O=S1(=O)CCN(Cc2cccc(Br)c2)c2c(F)nc(N3CCCC3)c(F)c21. The Labute approximate surface area is 165 Å². The molecule has 0 amide bonds. The molecule has 5 nitrogen and oxygen atoms in total. The number of nitrogens with zero attached hydrogens (tertiary/aromatic N) is 3. The lowest BCUT2D eigenvalue weighted by atomic mass is 10.2. The average molecular weight is 458 g/mol. The van der Waals surface area contributed by atoms with Gasteiger partial charge in [0, 0.05) is 30.7 Å². The number of benzene rings is 1. The fourth-order valence-corrected chi connectivity index (χ4v) is 5.63. The van der Waals surface area contributed by atoms with Crippen LogP contribution in [-0.4, -0.2) is 38.8 Å². The molecule has 1 aromatic carbocycles. The van der Waals surface area contributed by atoms with Gasteiger partial charge < -0.3 is 9.80 Å². The van der Waals surface area contributed by atoms with Gasteiger partial charge in [-0.1, -0.05) is 28.1 Å². The lowest BCUT2D eigenvalue weighted by Gasteiger charge is -2.32. The Bertz CT molecular complexity index is 994. The van der Waals surface area contributed by atoms with Gasteiger partial charge in [0.1, 0.15) is 10.6 Å². The van der Waals surface area contributed by atoms with Crippen molar-refractivity contribution in [3.8, 4) is 0 Å². The summed E-state index contributed by atoms with van der Waals surface area (Å²) in [5.74, 6) is -2.33. The van der Waals surface area contributed by atoms with E-state index < -0.39 is 26.5 Å². The van der Waals surface area contributed by atoms with E-state index in [4.69, 9.17) is 0 Å². The predicted octanol–water partition coefficient (Wildman–Crippen LogP) is 3.52. The first-order chi connectivity index (χ1) is 12.9. The van der Waals surface area contributed by atoms with Crippen LogP contribution in [0.4, 0.5) is 20.3 Å². The molecule has 9 heteroatoms. The first kappa shape index (κ1) is 18.6. The minimum Gasteiger partial charge on any atom is -0.361 e. The number of sulfone groups is 1. The van der Waals surface area contributed by atoms with Crippen molar-refractivity contribution in [2.45, 2.75) is 24.3 Å². The first-order valence-electron chi connectivity index (χ1n) is 8.73. The monoisotopic (exact) mass is 457 g/mol. The highest BCUT2D eigenvalue weighted by Crippen LogP contribution is 2.39. The van der Waals surface area contributed by atoms with Crippen LogP contribution < -0.4 is 9.80 Å². The molecule has 144 valence electrons. The molecule has 0 bridgehead atoms. The summed E-state index contributed by atoms with van der Waals surface area (Å²) in [4.78, 5) is 6.42. The minimum absolute atomic E-state index is 0.0863. The second kappa shape index (κ2) is 7.01. The van der Waals surface area contributed by atoms with Crippen LogP contribution in [0.15, 0.2) is 33.6 Å². The number of anilines is 2. The lowest BCUT2D eigenvalue weighted by Crippen LogP contribution is -2.37. The van der Waals surface area contributed by atoms with Crippen LogP contribution in [0.5, 0.6) is 0 Å². The van der Waals surface area contributed by atoms with E-state index in [1.54, 1.807) is 9.80 Å². The Morgan fingerprint density at radius 3 is 2.59 bits per heavy atom. The summed E-state index contributed by atoms with van der Waals surface area (Å²) in [6.07, 6.45) is 1.70. The highest BCUT2D eigenvalue weighted by Gasteiger charge is 2.38. The van der Waals surface area contributed by atoms with Crippen molar-refractivity contribution in [1.82, 2.24) is 4.98 Å². The van der Waals surface area contributed by atoms with E-state index in [2.05, 4.69) is 20.9 Å². The summed E-state index contributed by atoms with van der Waals surface area (Å²) < 4.78 is 56.1. The van der Waals surface area contributed by atoms with Gasteiger partial charge in [-0.2, -0.15) is 9.37 Å². The number of halogens is 3. The van der Waals surface area contributed by atoms with E-state index in [1.165, 1.54) is 0 Å². The maximum atomic E-state index is 15.2. The molecule has 0 aliphatic carbocycles. The van der Waals surface area contributed by atoms with Crippen LogP contribution in [0.25, 0.3) is 0 Å². The summed E-state index contributed by atoms with van der Waals surface area (Å²) in [6, 6.07) is 7.42. The maximum Gasteiger partial charge on any atom is 0.239 e. The molecule has 1 aromatic heterocycles. The Kier molecular flexibility index (Phi) is 4.84. The van der Waals surface area contributed by atoms with Crippen molar-refractivity contribution < 1.29 is 17.2 Å². The highest BCUT2D eigenvalue weighted by molar-refractivity contribution is 9.10. The Morgan fingerprint density at radius 1 is 1.15 bits per heavy atom. The van der Waals surface area contributed by atoms with Gasteiger partial charge in [-0.05, 0) is 30.5 Å². The number of rotatable bonds is 3. The van der Waals surface area contributed by atoms with Crippen LogP contribution in [-0.2, 0) is 16.4 Å². The topological polar surface area (TPSA) is 53.5 Å². The predicted molar refractivity (Wildman–Crippen MR) is 103 cm³/mol. The Morgan fingerprint density at radius 2 is 1.89 bits per heavy atom. The van der Waals surface area contributed by atoms with Crippen molar-refractivity contribution in [2.75, 3.05) is 35.2 Å². The van der Waals surface area contributed by atoms with Gasteiger partial charge in [0.05, 0.1) is 5.75 Å². The van der Waals surface area contributed by atoms with Crippen molar-refractivity contribution in [3.05, 3.63) is 46.1 Å². The fraction of sp³-hybridized carbons (Fsp3) is 0.389. The van der Waals surface area contributed by atoms with E-state index in [0.29, 0.717) is 13.1 Å². The zero-order valence-electron chi connectivity index (χ0n) is 14.5. The zero-order valence-corrected chi connectivity index (χ0v) is 16.9. The van der Waals surface area contributed by atoms with Crippen LogP contribution >= 0.6 is 15.9 Å². The van der Waals surface area contributed by atoms with Gasteiger partial charge in [0.2, 0.25) is 5.95 Å². The number of aromatic nitrogens is 1. The zero-order chi connectivity index (χ0) is 19.2. The number of hydrogen-bond donors (Lipinski definition) is 0. The first-order valence-corrected chi connectivity index (χ1v) is 11.2. The number of fused-ring (bicyclic) bond motifs is 1. The van der Waals surface area contributed by atoms with E-state index >= 15 is 4.39 Å². The van der Waals surface area contributed by atoms with E-state index in [-0.39, 0.29) is 30.3 Å². The fourth-order valence-electron chi connectivity index (χ4n) is 3.65. The molecule has 1 saturated heterocycles. The smallest absolute Gasteiger partial charge is 0.239 e. The minimum atomic E-state index is -3.91. The molecule has 2 aromatic rings. The second-order valence-electron chi connectivity index (χ2n) is 6.78. The molecule has 2 aliphatic heterocycles. The molecule has 4 rings (SSSR count). The van der Waals surface area contributed by atoms with Gasteiger partial charge in [-0.15, -0.1) is 0 Å². The summed E-state index contributed by atoms with van der Waals surface area (Å²) in [5, 5.41) is 0. The number of pyridine rings is 1. The van der Waals surface area contributed by atoms with E-state index in [9.17, 15) is 12.8 Å². The van der Waals surface area contributed by atoms with Crippen molar-refractivity contribution in [1.29, 1.82) is 0 Å². The van der Waals surface area contributed by atoms with Crippen molar-refractivity contribution in [2.24, 2.45) is 0 Å². The van der Waals surface area contributed by atoms with Gasteiger partial charge >= 0.3 is 0 Å². The molecule has 0 atom stereocenters. The molecule has 0 saturated carbocycles. The van der Waals surface area contributed by atoms with E-state index in [0.717, 1.165) is 22.9 Å². The second-order valence-corrected chi connectivity index (χ2v) is 9.74. The van der Waals surface area contributed by atoms with Crippen LogP contribution in [0, 0.1) is 11.8 Å². The van der Waals surface area contributed by atoms with Crippen molar-refractivity contribution in [3.63, 3.8) is 0 Å². The van der Waals surface area contributed by atoms with Gasteiger partial charge in [-0.3, -0.25) is 0 Å². The molecule has 3 heterocycles. The molecule has 0 spiro atoms. The molecule has 0 unspecified atom stereocenters. The molecule has 0 N–H and O–H groups in total. The molecule has 1 fully saturated rings. The van der Waals surface area contributed by atoms with Crippen LogP contribution in [0.2, 0.25) is 0 Å². The van der Waals surface area contributed by atoms with Crippen molar-refractivity contribution >= 4 is 37.3 Å². The molecular formula is C18H18BrF2N3O2S. The molecule has 0 radical (unpaired) electrons. The molecular weight excluding hydrogens is 440 g/mol. The summed E-state index contributed by atoms with van der Waals surface area (Å²) in [5.41, 5.74) is 0.597. The third-order valence-electron chi connectivity index (χ3n) is 4.94. The molecule has 27 heavy (non-hydrogen) atoms. The van der Waals surface area contributed by atoms with Gasteiger partial charge in [-0.25, -0.2) is 12.8 Å². The number of hydrogen-bond acceptors (Lipinski definition) is 5. The largest absolute Gasteiger partial charge is 0.361 e. The Balaban J connectivity index is 1.81.